The van der Waals surface area contributed by atoms with Crippen LogP contribution in [0.25, 0.3) is 0 Å². The molecule has 23 heavy (non-hydrogen) atoms. The van der Waals surface area contributed by atoms with Gasteiger partial charge >= 0.3 is 0 Å². The Morgan fingerprint density at radius 3 is 2.48 bits per heavy atom. The summed E-state index contributed by atoms with van der Waals surface area (Å²) >= 11 is 6.19. The molecule has 0 radical (unpaired) electrons. The minimum atomic E-state index is -0.249. The SMILES string of the molecule is COc1ccc(C2CCN(c3cnn(C)c(=O)c3Cl)CC2)cc1. The van der Waals surface area contributed by atoms with E-state index in [9.17, 15) is 4.79 Å². The van der Waals surface area contributed by atoms with Crippen LogP contribution in [0.15, 0.2) is 35.3 Å². The molecule has 0 aliphatic carbocycles. The lowest BCUT2D eigenvalue weighted by atomic mass is 9.89. The minimum absolute atomic E-state index is 0.249. The van der Waals surface area contributed by atoms with Crippen LogP contribution in [0.3, 0.4) is 0 Å². The predicted molar refractivity (Wildman–Crippen MR) is 91.7 cm³/mol. The zero-order chi connectivity index (χ0) is 16.4. The van der Waals surface area contributed by atoms with E-state index in [1.165, 1.54) is 10.2 Å². The molecule has 1 aliphatic rings. The number of aromatic nitrogens is 2. The Hall–Kier alpha value is -2.01. The Morgan fingerprint density at radius 2 is 1.87 bits per heavy atom. The summed E-state index contributed by atoms with van der Waals surface area (Å²) in [5.74, 6) is 1.40. The highest BCUT2D eigenvalue weighted by Gasteiger charge is 2.23. The fraction of sp³-hybridized carbons (Fsp3) is 0.412. The van der Waals surface area contributed by atoms with Gasteiger partial charge in [0.15, 0.2) is 0 Å². The summed E-state index contributed by atoms with van der Waals surface area (Å²) < 4.78 is 6.46. The van der Waals surface area contributed by atoms with E-state index in [2.05, 4.69) is 22.1 Å². The van der Waals surface area contributed by atoms with Crippen LogP contribution < -0.4 is 15.2 Å². The molecule has 3 rings (SSSR count). The molecule has 6 heteroatoms. The van der Waals surface area contributed by atoms with Gasteiger partial charge in [0.25, 0.3) is 5.56 Å². The van der Waals surface area contributed by atoms with Gasteiger partial charge in [0, 0.05) is 20.1 Å². The van der Waals surface area contributed by atoms with E-state index in [0.29, 0.717) is 5.92 Å². The first-order valence-electron chi connectivity index (χ1n) is 7.71. The lowest BCUT2D eigenvalue weighted by Gasteiger charge is -2.34. The summed E-state index contributed by atoms with van der Waals surface area (Å²) in [6.07, 6.45) is 3.73. The van der Waals surface area contributed by atoms with Crippen LogP contribution in [0.2, 0.25) is 5.02 Å². The molecule has 2 heterocycles. The van der Waals surface area contributed by atoms with Crippen molar-refractivity contribution in [3.8, 4) is 5.75 Å². The summed E-state index contributed by atoms with van der Waals surface area (Å²) in [4.78, 5) is 14.1. The van der Waals surface area contributed by atoms with E-state index in [1.807, 2.05) is 12.1 Å². The molecular formula is C17H20ClN3O2. The highest BCUT2D eigenvalue weighted by molar-refractivity contribution is 6.33. The third-order valence-corrected chi connectivity index (χ3v) is 4.84. The van der Waals surface area contributed by atoms with Crippen molar-refractivity contribution in [3.05, 3.63) is 51.4 Å². The van der Waals surface area contributed by atoms with Gasteiger partial charge in [0.05, 0.1) is 19.0 Å². The second-order valence-corrected chi connectivity index (χ2v) is 6.18. The van der Waals surface area contributed by atoms with E-state index in [4.69, 9.17) is 16.3 Å². The van der Waals surface area contributed by atoms with Crippen molar-refractivity contribution in [2.24, 2.45) is 7.05 Å². The number of aryl methyl sites for hydroxylation is 1. The summed E-state index contributed by atoms with van der Waals surface area (Å²) in [5.41, 5.74) is 1.82. The van der Waals surface area contributed by atoms with Gasteiger partial charge in [-0.05, 0) is 36.5 Å². The number of methoxy groups -OCH3 is 1. The quantitative estimate of drug-likeness (QED) is 0.866. The van der Waals surface area contributed by atoms with Gasteiger partial charge in [0.2, 0.25) is 0 Å². The fourth-order valence-corrected chi connectivity index (χ4v) is 3.34. The molecule has 1 aromatic carbocycles. The van der Waals surface area contributed by atoms with Gasteiger partial charge in [-0.1, -0.05) is 23.7 Å². The second-order valence-electron chi connectivity index (χ2n) is 5.81. The Kier molecular flexibility index (Phi) is 4.57. The molecule has 0 bridgehead atoms. The maximum Gasteiger partial charge on any atom is 0.287 e. The third-order valence-electron chi connectivity index (χ3n) is 4.48. The van der Waals surface area contributed by atoms with E-state index in [1.54, 1.807) is 20.4 Å². The number of hydrogen-bond acceptors (Lipinski definition) is 4. The average molecular weight is 334 g/mol. The maximum atomic E-state index is 11.9. The lowest BCUT2D eigenvalue weighted by molar-refractivity contribution is 0.414. The number of nitrogens with zero attached hydrogens (tertiary/aromatic N) is 3. The molecule has 5 nitrogen and oxygen atoms in total. The van der Waals surface area contributed by atoms with Crippen LogP contribution in [0, 0.1) is 0 Å². The predicted octanol–water partition coefficient (Wildman–Crippen LogP) is 2.83. The van der Waals surface area contributed by atoms with E-state index < -0.39 is 0 Å². The molecule has 1 fully saturated rings. The van der Waals surface area contributed by atoms with Crippen LogP contribution in [0.4, 0.5) is 5.69 Å². The molecule has 0 atom stereocenters. The average Bonchev–Trinajstić information content (AvgIpc) is 2.60. The number of rotatable bonds is 3. The second kappa shape index (κ2) is 6.62. The van der Waals surface area contributed by atoms with Crippen molar-refractivity contribution >= 4 is 17.3 Å². The van der Waals surface area contributed by atoms with Crippen LogP contribution in [-0.2, 0) is 7.05 Å². The molecule has 2 aromatic rings. The van der Waals surface area contributed by atoms with Gasteiger partial charge in [0.1, 0.15) is 10.8 Å². The number of ether oxygens (including phenoxy) is 1. The van der Waals surface area contributed by atoms with Crippen LogP contribution in [0.5, 0.6) is 5.75 Å². The summed E-state index contributed by atoms with van der Waals surface area (Å²) in [5, 5.41) is 4.33. The van der Waals surface area contributed by atoms with Crippen LogP contribution in [-0.4, -0.2) is 30.0 Å². The number of hydrogen-bond donors (Lipinski definition) is 0. The molecular weight excluding hydrogens is 314 g/mol. The minimum Gasteiger partial charge on any atom is -0.497 e. The zero-order valence-corrected chi connectivity index (χ0v) is 14.1. The largest absolute Gasteiger partial charge is 0.497 e. The first-order valence-corrected chi connectivity index (χ1v) is 8.08. The van der Waals surface area contributed by atoms with Gasteiger partial charge in [-0.2, -0.15) is 5.10 Å². The smallest absolute Gasteiger partial charge is 0.287 e. The molecule has 1 aromatic heterocycles. The number of halogens is 1. The number of piperidine rings is 1. The van der Waals surface area contributed by atoms with Crippen LogP contribution in [0.1, 0.15) is 24.3 Å². The number of anilines is 1. The third kappa shape index (κ3) is 3.20. The van der Waals surface area contributed by atoms with Crippen molar-refractivity contribution in [1.82, 2.24) is 9.78 Å². The Morgan fingerprint density at radius 1 is 1.22 bits per heavy atom. The summed E-state index contributed by atoms with van der Waals surface area (Å²) in [6.45, 7) is 1.73. The highest BCUT2D eigenvalue weighted by atomic mass is 35.5. The first-order chi connectivity index (χ1) is 11.1. The maximum absolute atomic E-state index is 11.9. The number of benzene rings is 1. The molecule has 0 spiro atoms. The summed E-state index contributed by atoms with van der Waals surface area (Å²) in [6, 6.07) is 8.27. The van der Waals surface area contributed by atoms with Crippen molar-refractivity contribution in [3.63, 3.8) is 0 Å². The van der Waals surface area contributed by atoms with Crippen molar-refractivity contribution < 1.29 is 4.74 Å². The molecule has 0 amide bonds. The van der Waals surface area contributed by atoms with Crippen LogP contribution >= 0.6 is 11.6 Å². The molecule has 0 saturated carbocycles. The Balaban J connectivity index is 1.71. The van der Waals surface area contributed by atoms with E-state index >= 15 is 0 Å². The van der Waals surface area contributed by atoms with Gasteiger partial charge in [-0.3, -0.25) is 4.79 Å². The standard InChI is InChI=1S/C17H20ClN3O2/c1-20-17(22)16(18)15(11-19-20)21-9-7-13(8-10-21)12-3-5-14(23-2)6-4-12/h3-6,11,13H,7-10H2,1-2H3. The molecule has 122 valence electrons. The normalized spacial score (nSPS) is 15.7. The fourth-order valence-electron chi connectivity index (χ4n) is 3.05. The zero-order valence-electron chi connectivity index (χ0n) is 13.3. The van der Waals surface area contributed by atoms with Gasteiger partial charge in [-0.25, -0.2) is 4.68 Å². The Labute approximate surface area is 140 Å². The molecule has 0 N–H and O–H groups in total. The monoisotopic (exact) mass is 333 g/mol. The van der Waals surface area contributed by atoms with Crippen molar-refractivity contribution in [2.45, 2.75) is 18.8 Å². The topological polar surface area (TPSA) is 47.4 Å². The molecule has 0 unspecified atom stereocenters. The molecule has 1 aliphatic heterocycles. The first kappa shape index (κ1) is 15.9. The van der Waals surface area contributed by atoms with E-state index in [0.717, 1.165) is 37.4 Å². The Bertz CT molecular complexity index is 734. The summed E-state index contributed by atoms with van der Waals surface area (Å²) in [7, 11) is 3.28. The van der Waals surface area contributed by atoms with Crippen molar-refractivity contribution in [2.75, 3.05) is 25.1 Å². The lowest BCUT2D eigenvalue weighted by Crippen LogP contribution is -2.35. The van der Waals surface area contributed by atoms with E-state index in [-0.39, 0.29) is 10.6 Å². The van der Waals surface area contributed by atoms with Crippen molar-refractivity contribution in [1.29, 1.82) is 0 Å². The highest BCUT2D eigenvalue weighted by Crippen LogP contribution is 2.32. The van der Waals surface area contributed by atoms with Gasteiger partial charge < -0.3 is 9.64 Å². The molecule has 1 saturated heterocycles. The van der Waals surface area contributed by atoms with Gasteiger partial charge in [-0.15, -0.1) is 0 Å².